The fraction of sp³-hybridized carbons (Fsp3) is 0.238. The molecule has 4 nitrogen and oxygen atoms in total. The first-order chi connectivity index (χ1) is 12.3. The summed E-state index contributed by atoms with van der Waals surface area (Å²) in [6.07, 6.45) is 5.55. The number of benzene rings is 2. The minimum atomic E-state index is 0.207. The van der Waals surface area contributed by atoms with Crippen molar-refractivity contribution < 1.29 is 4.79 Å². The van der Waals surface area contributed by atoms with E-state index in [9.17, 15) is 4.79 Å². The molecule has 1 aromatic heterocycles. The number of amides is 1. The van der Waals surface area contributed by atoms with E-state index >= 15 is 0 Å². The second-order valence-electron chi connectivity index (χ2n) is 6.57. The van der Waals surface area contributed by atoms with E-state index < -0.39 is 0 Å². The van der Waals surface area contributed by atoms with Gasteiger partial charge in [0.15, 0.2) is 0 Å². The largest absolute Gasteiger partial charge is 0.347 e. The van der Waals surface area contributed by atoms with Gasteiger partial charge in [-0.25, -0.2) is 4.98 Å². The van der Waals surface area contributed by atoms with Crippen LogP contribution in [0.3, 0.4) is 0 Å². The molecule has 1 amide bonds. The Hall–Kier alpha value is -2.88. The van der Waals surface area contributed by atoms with E-state index in [4.69, 9.17) is 0 Å². The third-order valence-corrected chi connectivity index (χ3v) is 4.57. The molecule has 0 atom stereocenters. The van der Waals surface area contributed by atoms with Gasteiger partial charge in [0.1, 0.15) is 5.82 Å². The number of hydrogen-bond acceptors (Lipinski definition) is 2. The van der Waals surface area contributed by atoms with Gasteiger partial charge in [0.05, 0.1) is 6.54 Å². The first-order valence-electron chi connectivity index (χ1n) is 8.71. The molecule has 1 fully saturated rings. The lowest BCUT2D eigenvalue weighted by Gasteiger charge is -2.22. The van der Waals surface area contributed by atoms with E-state index in [0.29, 0.717) is 13.1 Å². The summed E-state index contributed by atoms with van der Waals surface area (Å²) in [6.45, 7) is 1.15. The number of nitrogens with one attached hydrogen (secondary N) is 1. The molecule has 0 saturated heterocycles. The van der Waals surface area contributed by atoms with Crippen LogP contribution >= 0.6 is 0 Å². The summed E-state index contributed by atoms with van der Waals surface area (Å²) in [6, 6.07) is 18.8. The Balaban J connectivity index is 1.50. The summed E-state index contributed by atoms with van der Waals surface area (Å²) in [5, 5.41) is 0. The molecule has 0 unspecified atom stereocenters. The molecule has 4 heteroatoms. The normalized spacial score (nSPS) is 13.6. The molecular formula is C21H21N3O. The highest BCUT2D eigenvalue weighted by Crippen LogP contribution is 2.32. The fourth-order valence-electron chi connectivity index (χ4n) is 3.02. The third-order valence-electron chi connectivity index (χ3n) is 4.57. The molecule has 2 aromatic carbocycles. The van der Waals surface area contributed by atoms with Gasteiger partial charge in [0, 0.05) is 24.9 Å². The standard InChI is InChI=1S/C21H21N3O/c25-21(19-10-11-19)24(15-20-22-12-13-23-20)14-16-6-8-18(9-7-16)17-4-2-1-3-5-17/h1-9,12-13,19H,10-11,14-15H2,(H,22,23). The minimum Gasteiger partial charge on any atom is -0.347 e. The predicted molar refractivity (Wildman–Crippen MR) is 97.4 cm³/mol. The predicted octanol–water partition coefficient (Wildman–Crippen LogP) is 4.02. The number of H-pyrrole nitrogens is 1. The molecule has 1 N–H and O–H groups in total. The Labute approximate surface area is 147 Å². The van der Waals surface area contributed by atoms with Crippen molar-refractivity contribution in [1.82, 2.24) is 14.9 Å². The molecule has 0 radical (unpaired) electrons. The third kappa shape index (κ3) is 3.79. The molecule has 3 aromatic rings. The summed E-state index contributed by atoms with van der Waals surface area (Å²) < 4.78 is 0. The molecule has 126 valence electrons. The molecule has 1 aliphatic rings. The second kappa shape index (κ2) is 6.93. The highest BCUT2D eigenvalue weighted by atomic mass is 16.2. The van der Waals surface area contributed by atoms with Crippen LogP contribution in [0.1, 0.15) is 24.2 Å². The highest BCUT2D eigenvalue weighted by Gasteiger charge is 2.33. The zero-order valence-electron chi connectivity index (χ0n) is 14.1. The van der Waals surface area contributed by atoms with Crippen molar-refractivity contribution in [1.29, 1.82) is 0 Å². The van der Waals surface area contributed by atoms with Crippen LogP contribution < -0.4 is 0 Å². The van der Waals surface area contributed by atoms with Gasteiger partial charge >= 0.3 is 0 Å². The second-order valence-corrected chi connectivity index (χ2v) is 6.57. The smallest absolute Gasteiger partial charge is 0.226 e. The molecular weight excluding hydrogens is 310 g/mol. The topological polar surface area (TPSA) is 49.0 Å². The quantitative estimate of drug-likeness (QED) is 0.742. The molecule has 1 aliphatic carbocycles. The van der Waals surface area contributed by atoms with Crippen LogP contribution in [0.25, 0.3) is 11.1 Å². The molecule has 1 heterocycles. The summed E-state index contributed by atoms with van der Waals surface area (Å²) in [4.78, 5) is 21.9. The lowest BCUT2D eigenvalue weighted by molar-refractivity contribution is -0.133. The van der Waals surface area contributed by atoms with Crippen LogP contribution in [-0.4, -0.2) is 20.8 Å². The van der Waals surface area contributed by atoms with Crippen molar-refractivity contribution in [2.45, 2.75) is 25.9 Å². The Kier molecular flexibility index (Phi) is 4.34. The number of nitrogens with zero attached hydrogens (tertiary/aromatic N) is 2. The molecule has 0 aliphatic heterocycles. The van der Waals surface area contributed by atoms with Crippen molar-refractivity contribution in [3.05, 3.63) is 78.4 Å². The van der Waals surface area contributed by atoms with E-state index in [1.807, 2.05) is 23.1 Å². The van der Waals surface area contributed by atoms with Crippen molar-refractivity contribution in [3.8, 4) is 11.1 Å². The van der Waals surface area contributed by atoms with Crippen molar-refractivity contribution in [2.24, 2.45) is 5.92 Å². The van der Waals surface area contributed by atoms with Gasteiger partial charge in [0.25, 0.3) is 0 Å². The van der Waals surface area contributed by atoms with E-state index in [0.717, 1.165) is 24.2 Å². The zero-order valence-corrected chi connectivity index (χ0v) is 14.1. The van der Waals surface area contributed by atoms with Gasteiger partial charge in [-0.2, -0.15) is 0 Å². The Morgan fingerprint density at radius 2 is 1.72 bits per heavy atom. The van der Waals surface area contributed by atoms with Crippen molar-refractivity contribution in [2.75, 3.05) is 0 Å². The van der Waals surface area contributed by atoms with Crippen LogP contribution in [0.2, 0.25) is 0 Å². The van der Waals surface area contributed by atoms with Crippen LogP contribution in [0.4, 0.5) is 0 Å². The summed E-state index contributed by atoms with van der Waals surface area (Å²) in [5.74, 6) is 1.27. The number of hydrogen-bond donors (Lipinski definition) is 1. The van der Waals surface area contributed by atoms with Gasteiger partial charge in [-0.05, 0) is 29.5 Å². The molecule has 0 spiro atoms. The van der Waals surface area contributed by atoms with Gasteiger partial charge in [-0.1, -0.05) is 54.6 Å². The number of imidazole rings is 1. The summed E-state index contributed by atoms with van der Waals surface area (Å²) in [7, 11) is 0. The monoisotopic (exact) mass is 331 g/mol. The number of rotatable bonds is 6. The van der Waals surface area contributed by atoms with E-state index in [2.05, 4.69) is 46.4 Å². The first-order valence-corrected chi connectivity index (χ1v) is 8.71. The van der Waals surface area contributed by atoms with Gasteiger partial charge < -0.3 is 9.88 Å². The van der Waals surface area contributed by atoms with Crippen LogP contribution in [0, 0.1) is 5.92 Å². The van der Waals surface area contributed by atoms with Gasteiger partial charge in [-0.3, -0.25) is 4.79 Å². The first kappa shape index (κ1) is 15.6. The number of carbonyl (C=O) groups is 1. The maximum absolute atomic E-state index is 12.6. The average Bonchev–Trinajstić information content (AvgIpc) is 3.39. The molecule has 25 heavy (non-hydrogen) atoms. The SMILES string of the molecule is O=C(C1CC1)N(Cc1ccc(-c2ccccc2)cc1)Cc1ncc[nH]1. The lowest BCUT2D eigenvalue weighted by atomic mass is 10.0. The van der Waals surface area contributed by atoms with E-state index in [1.165, 1.54) is 11.1 Å². The summed E-state index contributed by atoms with van der Waals surface area (Å²) in [5.41, 5.74) is 3.53. The molecule has 1 saturated carbocycles. The molecule has 0 bridgehead atoms. The fourth-order valence-corrected chi connectivity index (χ4v) is 3.02. The lowest BCUT2D eigenvalue weighted by Crippen LogP contribution is -2.31. The van der Waals surface area contributed by atoms with Gasteiger partial charge in [0.2, 0.25) is 5.91 Å². The Bertz CT molecular complexity index is 821. The van der Waals surface area contributed by atoms with Crippen LogP contribution in [0.15, 0.2) is 67.0 Å². The zero-order chi connectivity index (χ0) is 17.1. The highest BCUT2D eigenvalue weighted by molar-refractivity contribution is 5.81. The number of aromatic nitrogens is 2. The molecule has 4 rings (SSSR count). The van der Waals surface area contributed by atoms with Crippen LogP contribution in [-0.2, 0) is 17.9 Å². The minimum absolute atomic E-state index is 0.207. The Morgan fingerprint density at radius 3 is 2.36 bits per heavy atom. The summed E-state index contributed by atoms with van der Waals surface area (Å²) >= 11 is 0. The maximum Gasteiger partial charge on any atom is 0.226 e. The van der Waals surface area contributed by atoms with E-state index in [-0.39, 0.29) is 11.8 Å². The number of aromatic amines is 1. The van der Waals surface area contributed by atoms with Crippen LogP contribution in [0.5, 0.6) is 0 Å². The van der Waals surface area contributed by atoms with Crippen molar-refractivity contribution in [3.63, 3.8) is 0 Å². The average molecular weight is 331 g/mol. The number of carbonyl (C=O) groups excluding carboxylic acids is 1. The van der Waals surface area contributed by atoms with Gasteiger partial charge in [-0.15, -0.1) is 0 Å². The Morgan fingerprint density at radius 1 is 1.00 bits per heavy atom. The van der Waals surface area contributed by atoms with E-state index in [1.54, 1.807) is 12.4 Å². The maximum atomic E-state index is 12.6. The van der Waals surface area contributed by atoms with Crippen molar-refractivity contribution >= 4 is 5.91 Å².